The standard InChI is InChI=1S/C11H20O3/c1-2-7-6-14-9(5-12)11(13)10(7)8-3-4-8/h7-13H,2-6H2,1H3. The Labute approximate surface area is 85.1 Å². The van der Waals surface area contributed by atoms with E-state index < -0.39 is 6.10 Å². The normalized spacial score (nSPS) is 43.9. The first-order valence-electron chi connectivity index (χ1n) is 5.68. The van der Waals surface area contributed by atoms with Gasteiger partial charge < -0.3 is 14.9 Å². The van der Waals surface area contributed by atoms with Crippen LogP contribution in [0.1, 0.15) is 26.2 Å². The van der Waals surface area contributed by atoms with E-state index in [1.54, 1.807) is 0 Å². The monoisotopic (exact) mass is 200 g/mol. The highest BCUT2D eigenvalue weighted by Gasteiger charge is 2.46. The molecule has 0 amide bonds. The van der Waals surface area contributed by atoms with Crippen molar-refractivity contribution in [3.63, 3.8) is 0 Å². The maximum absolute atomic E-state index is 10.1. The summed E-state index contributed by atoms with van der Waals surface area (Å²) in [7, 11) is 0. The van der Waals surface area contributed by atoms with Crippen LogP contribution in [0.2, 0.25) is 0 Å². The van der Waals surface area contributed by atoms with Crippen LogP contribution in [0.15, 0.2) is 0 Å². The first-order chi connectivity index (χ1) is 6.77. The van der Waals surface area contributed by atoms with Gasteiger partial charge in [0, 0.05) is 0 Å². The summed E-state index contributed by atoms with van der Waals surface area (Å²) in [5.41, 5.74) is 0. The molecule has 1 saturated heterocycles. The SMILES string of the molecule is CCC1COC(CO)C(O)C1C1CC1. The van der Waals surface area contributed by atoms with Crippen molar-refractivity contribution in [2.24, 2.45) is 17.8 Å². The fourth-order valence-corrected chi connectivity index (χ4v) is 2.68. The Hall–Kier alpha value is -0.120. The van der Waals surface area contributed by atoms with E-state index in [1.165, 1.54) is 12.8 Å². The van der Waals surface area contributed by atoms with E-state index in [4.69, 9.17) is 9.84 Å². The Morgan fingerprint density at radius 1 is 1.36 bits per heavy atom. The van der Waals surface area contributed by atoms with E-state index in [2.05, 4.69) is 6.92 Å². The van der Waals surface area contributed by atoms with Crippen LogP contribution in [0.5, 0.6) is 0 Å². The molecule has 1 aliphatic heterocycles. The molecule has 4 unspecified atom stereocenters. The Bertz CT molecular complexity index is 191. The fourth-order valence-electron chi connectivity index (χ4n) is 2.68. The van der Waals surface area contributed by atoms with E-state index in [1.807, 2.05) is 0 Å². The minimum absolute atomic E-state index is 0.0547. The molecular formula is C11H20O3. The zero-order valence-corrected chi connectivity index (χ0v) is 8.72. The zero-order chi connectivity index (χ0) is 10.1. The molecule has 3 nitrogen and oxygen atoms in total. The maximum Gasteiger partial charge on any atom is 0.107 e. The topological polar surface area (TPSA) is 49.7 Å². The van der Waals surface area contributed by atoms with E-state index in [0.717, 1.165) is 6.42 Å². The summed E-state index contributed by atoms with van der Waals surface area (Å²) in [6.07, 6.45) is 2.76. The number of aliphatic hydroxyl groups excluding tert-OH is 2. The van der Waals surface area contributed by atoms with Crippen LogP contribution in [0, 0.1) is 17.8 Å². The summed E-state index contributed by atoms with van der Waals surface area (Å²) in [6, 6.07) is 0. The van der Waals surface area contributed by atoms with Gasteiger partial charge in [0.05, 0.1) is 19.3 Å². The fraction of sp³-hybridized carbons (Fsp3) is 1.00. The van der Waals surface area contributed by atoms with Gasteiger partial charge in [-0.15, -0.1) is 0 Å². The Morgan fingerprint density at radius 3 is 2.57 bits per heavy atom. The van der Waals surface area contributed by atoms with E-state index >= 15 is 0 Å². The van der Waals surface area contributed by atoms with E-state index in [0.29, 0.717) is 24.4 Å². The van der Waals surface area contributed by atoms with Crippen molar-refractivity contribution in [2.75, 3.05) is 13.2 Å². The van der Waals surface area contributed by atoms with Crippen molar-refractivity contribution in [3.05, 3.63) is 0 Å². The Kier molecular flexibility index (Phi) is 3.10. The van der Waals surface area contributed by atoms with Gasteiger partial charge in [-0.05, 0) is 30.6 Å². The van der Waals surface area contributed by atoms with Crippen LogP contribution in [0.3, 0.4) is 0 Å². The highest BCUT2D eigenvalue weighted by Crippen LogP contribution is 2.46. The highest BCUT2D eigenvalue weighted by atomic mass is 16.5. The third-order valence-electron chi connectivity index (χ3n) is 3.71. The average Bonchev–Trinajstić information content (AvgIpc) is 3.01. The molecule has 0 aromatic rings. The molecule has 1 saturated carbocycles. The molecule has 0 bridgehead atoms. The van der Waals surface area contributed by atoms with Gasteiger partial charge in [0.25, 0.3) is 0 Å². The van der Waals surface area contributed by atoms with Crippen molar-refractivity contribution < 1.29 is 14.9 Å². The molecule has 4 atom stereocenters. The molecule has 2 fully saturated rings. The molecule has 0 radical (unpaired) electrons. The molecule has 14 heavy (non-hydrogen) atoms. The first kappa shape index (κ1) is 10.4. The second kappa shape index (κ2) is 4.17. The zero-order valence-electron chi connectivity index (χ0n) is 8.72. The van der Waals surface area contributed by atoms with Gasteiger partial charge >= 0.3 is 0 Å². The van der Waals surface area contributed by atoms with Crippen molar-refractivity contribution >= 4 is 0 Å². The molecule has 82 valence electrons. The van der Waals surface area contributed by atoms with Crippen molar-refractivity contribution in [3.8, 4) is 0 Å². The summed E-state index contributed by atoms with van der Waals surface area (Å²) in [5.74, 6) is 1.54. The van der Waals surface area contributed by atoms with Gasteiger partial charge in [-0.2, -0.15) is 0 Å². The Morgan fingerprint density at radius 2 is 2.07 bits per heavy atom. The summed E-state index contributed by atoms with van der Waals surface area (Å²) in [5, 5.41) is 19.1. The molecular weight excluding hydrogens is 180 g/mol. The number of hydrogen-bond acceptors (Lipinski definition) is 3. The van der Waals surface area contributed by atoms with Crippen molar-refractivity contribution in [1.82, 2.24) is 0 Å². The van der Waals surface area contributed by atoms with Crippen LogP contribution in [-0.2, 0) is 4.74 Å². The molecule has 3 heteroatoms. The third kappa shape index (κ3) is 1.81. The summed E-state index contributed by atoms with van der Waals surface area (Å²) < 4.78 is 5.45. The third-order valence-corrected chi connectivity index (χ3v) is 3.71. The van der Waals surface area contributed by atoms with Crippen molar-refractivity contribution in [2.45, 2.75) is 38.4 Å². The predicted molar refractivity (Wildman–Crippen MR) is 52.8 cm³/mol. The molecule has 0 aromatic carbocycles. The van der Waals surface area contributed by atoms with Crippen LogP contribution < -0.4 is 0 Å². The van der Waals surface area contributed by atoms with Crippen LogP contribution in [-0.4, -0.2) is 35.6 Å². The first-order valence-corrected chi connectivity index (χ1v) is 5.68. The van der Waals surface area contributed by atoms with E-state index in [-0.39, 0.29) is 12.7 Å². The lowest BCUT2D eigenvalue weighted by molar-refractivity contribution is -0.153. The second-order valence-electron chi connectivity index (χ2n) is 4.63. The number of aliphatic hydroxyl groups is 2. The minimum Gasteiger partial charge on any atom is -0.394 e. The summed E-state index contributed by atoms with van der Waals surface area (Å²) in [4.78, 5) is 0. The quantitative estimate of drug-likeness (QED) is 0.708. The lowest BCUT2D eigenvalue weighted by atomic mass is 9.78. The van der Waals surface area contributed by atoms with Gasteiger partial charge in [0.2, 0.25) is 0 Å². The molecule has 2 aliphatic rings. The molecule has 1 heterocycles. The van der Waals surface area contributed by atoms with Crippen LogP contribution in [0.25, 0.3) is 0 Å². The van der Waals surface area contributed by atoms with Gasteiger partial charge in [0.1, 0.15) is 6.10 Å². The van der Waals surface area contributed by atoms with E-state index in [9.17, 15) is 5.11 Å². The van der Waals surface area contributed by atoms with Gasteiger partial charge in [-0.3, -0.25) is 0 Å². The predicted octanol–water partition coefficient (Wildman–Crippen LogP) is 0.791. The van der Waals surface area contributed by atoms with Crippen LogP contribution in [0.4, 0.5) is 0 Å². The summed E-state index contributed by atoms with van der Waals surface area (Å²) >= 11 is 0. The van der Waals surface area contributed by atoms with Crippen LogP contribution >= 0.6 is 0 Å². The molecule has 2 rings (SSSR count). The molecule has 2 N–H and O–H groups in total. The maximum atomic E-state index is 10.1. The van der Waals surface area contributed by atoms with Crippen molar-refractivity contribution in [1.29, 1.82) is 0 Å². The lowest BCUT2D eigenvalue weighted by Gasteiger charge is -2.40. The smallest absolute Gasteiger partial charge is 0.107 e. The number of rotatable bonds is 3. The molecule has 1 aliphatic carbocycles. The lowest BCUT2D eigenvalue weighted by Crippen LogP contribution is -2.48. The number of ether oxygens (including phenoxy) is 1. The second-order valence-corrected chi connectivity index (χ2v) is 4.63. The van der Waals surface area contributed by atoms with Gasteiger partial charge in [-0.1, -0.05) is 13.3 Å². The highest BCUT2D eigenvalue weighted by molar-refractivity contribution is 4.94. The molecule has 0 aromatic heterocycles. The van der Waals surface area contributed by atoms with Gasteiger partial charge in [0.15, 0.2) is 0 Å². The Balaban J connectivity index is 2.04. The molecule has 0 spiro atoms. The largest absolute Gasteiger partial charge is 0.394 e. The minimum atomic E-state index is -0.453. The number of hydrogen-bond donors (Lipinski definition) is 2. The average molecular weight is 200 g/mol. The van der Waals surface area contributed by atoms with Gasteiger partial charge in [-0.25, -0.2) is 0 Å². The summed E-state index contributed by atoms with van der Waals surface area (Å²) in [6.45, 7) is 2.80.